The maximum absolute atomic E-state index is 11.4. The molecule has 0 fully saturated rings. The fourth-order valence-electron chi connectivity index (χ4n) is 0.909. The van der Waals surface area contributed by atoms with Gasteiger partial charge in [0, 0.05) is 7.05 Å². The number of rotatable bonds is 4. The van der Waals surface area contributed by atoms with E-state index in [2.05, 4.69) is 20.5 Å². The van der Waals surface area contributed by atoms with Crippen LogP contribution >= 0.6 is 11.8 Å². The quantitative estimate of drug-likeness (QED) is 0.603. The minimum absolute atomic E-state index is 0.108. The average molecular weight is 228 g/mol. The SMILES string of the molecule is CCOC(=O)c1nnc(SC)nc1NC. The number of esters is 1. The average Bonchev–Trinajstić information content (AvgIpc) is 2.28. The molecule has 0 unspecified atom stereocenters. The fraction of sp³-hybridized carbons (Fsp3) is 0.500. The van der Waals surface area contributed by atoms with Gasteiger partial charge < -0.3 is 10.1 Å². The summed E-state index contributed by atoms with van der Waals surface area (Å²) in [6, 6.07) is 0. The van der Waals surface area contributed by atoms with Gasteiger partial charge in [0.15, 0.2) is 5.82 Å². The van der Waals surface area contributed by atoms with E-state index in [0.717, 1.165) is 0 Å². The predicted molar refractivity (Wildman–Crippen MR) is 57.1 cm³/mol. The molecule has 7 heteroatoms. The van der Waals surface area contributed by atoms with Crippen LogP contribution in [-0.4, -0.2) is 41.1 Å². The Morgan fingerprint density at radius 2 is 2.27 bits per heavy atom. The van der Waals surface area contributed by atoms with Crippen molar-refractivity contribution in [2.75, 3.05) is 25.2 Å². The molecule has 0 saturated heterocycles. The van der Waals surface area contributed by atoms with Crippen LogP contribution in [0.2, 0.25) is 0 Å². The Kier molecular flexibility index (Phi) is 4.29. The van der Waals surface area contributed by atoms with Gasteiger partial charge in [-0.1, -0.05) is 11.8 Å². The van der Waals surface area contributed by atoms with Gasteiger partial charge in [-0.3, -0.25) is 0 Å². The zero-order valence-electron chi connectivity index (χ0n) is 8.77. The molecule has 15 heavy (non-hydrogen) atoms. The van der Waals surface area contributed by atoms with Gasteiger partial charge in [0.25, 0.3) is 0 Å². The van der Waals surface area contributed by atoms with E-state index in [1.54, 1.807) is 14.0 Å². The molecule has 0 aliphatic rings. The molecule has 0 radical (unpaired) electrons. The lowest BCUT2D eigenvalue weighted by atomic mass is 10.4. The number of hydrogen-bond donors (Lipinski definition) is 1. The highest BCUT2D eigenvalue weighted by Gasteiger charge is 2.16. The number of carbonyl (C=O) groups excluding carboxylic acids is 1. The topological polar surface area (TPSA) is 77.0 Å². The molecule has 0 aromatic carbocycles. The summed E-state index contributed by atoms with van der Waals surface area (Å²) in [4.78, 5) is 15.5. The van der Waals surface area contributed by atoms with Gasteiger partial charge >= 0.3 is 5.97 Å². The molecule has 0 aliphatic carbocycles. The largest absolute Gasteiger partial charge is 0.461 e. The number of ether oxygens (including phenoxy) is 1. The smallest absolute Gasteiger partial charge is 0.362 e. The summed E-state index contributed by atoms with van der Waals surface area (Å²) in [5.74, 6) is -0.137. The van der Waals surface area contributed by atoms with Crippen LogP contribution in [0, 0.1) is 0 Å². The van der Waals surface area contributed by atoms with Crippen molar-refractivity contribution in [2.24, 2.45) is 0 Å². The molecule has 0 atom stereocenters. The predicted octanol–water partition coefficient (Wildman–Crippen LogP) is 0.812. The molecule has 0 aliphatic heterocycles. The molecule has 0 bridgehead atoms. The van der Waals surface area contributed by atoms with Crippen molar-refractivity contribution in [3.05, 3.63) is 5.69 Å². The first kappa shape index (κ1) is 11.7. The minimum atomic E-state index is -0.519. The van der Waals surface area contributed by atoms with Crippen molar-refractivity contribution in [1.82, 2.24) is 15.2 Å². The third kappa shape index (κ3) is 2.79. The van der Waals surface area contributed by atoms with Gasteiger partial charge in [0.05, 0.1) is 6.61 Å². The van der Waals surface area contributed by atoms with Crippen molar-refractivity contribution in [1.29, 1.82) is 0 Å². The van der Waals surface area contributed by atoms with Gasteiger partial charge in [-0.15, -0.1) is 10.2 Å². The Hall–Kier alpha value is -1.37. The standard InChI is InChI=1S/C8H12N4O2S/c1-4-14-7(13)5-6(9-2)10-8(15-3)12-11-5/h4H2,1-3H3,(H,9,10,12). The molecule has 1 aromatic heterocycles. The first-order chi connectivity index (χ1) is 7.22. The molecule has 6 nitrogen and oxygen atoms in total. The summed E-state index contributed by atoms with van der Waals surface area (Å²) in [7, 11) is 1.66. The number of hydrogen-bond acceptors (Lipinski definition) is 7. The first-order valence-corrected chi connectivity index (χ1v) is 5.59. The van der Waals surface area contributed by atoms with E-state index in [0.29, 0.717) is 17.6 Å². The molecule has 1 N–H and O–H groups in total. The number of thioether (sulfide) groups is 1. The van der Waals surface area contributed by atoms with E-state index >= 15 is 0 Å². The van der Waals surface area contributed by atoms with E-state index in [9.17, 15) is 4.79 Å². The second kappa shape index (κ2) is 5.50. The lowest BCUT2D eigenvalue weighted by Gasteiger charge is -2.06. The van der Waals surface area contributed by atoms with Crippen LogP contribution < -0.4 is 5.32 Å². The van der Waals surface area contributed by atoms with E-state index in [4.69, 9.17) is 4.74 Å². The Labute approximate surface area is 91.8 Å². The van der Waals surface area contributed by atoms with Crippen LogP contribution in [0.3, 0.4) is 0 Å². The van der Waals surface area contributed by atoms with Crippen LogP contribution in [0.5, 0.6) is 0 Å². The van der Waals surface area contributed by atoms with Gasteiger partial charge in [0.2, 0.25) is 10.9 Å². The summed E-state index contributed by atoms with van der Waals surface area (Å²) in [6.45, 7) is 2.03. The zero-order chi connectivity index (χ0) is 11.3. The fourth-order valence-corrected chi connectivity index (χ4v) is 1.21. The Balaban J connectivity index is 3.02. The number of nitrogens with one attached hydrogen (secondary N) is 1. The van der Waals surface area contributed by atoms with Crippen LogP contribution in [-0.2, 0) is 4.74 Å². The van der Waals surface area contributed by atoms with Crippen molar-refractivity contribution in [3.63, 3.8) is 0 Å². The highest BCUT2D eigenvalue weighted by atomic mass is 32.2. The maximum atomic E-state index is 11.4. The Morgan fingerprint density at radius 1 is 1.53 bits per heavy atom. The second-order valence-electron chi connectivity index (χ2n) is 2.47. The number of aromatic nitrogens is 3. The third-order valence-electron chi connectivity index (χ3n) is 1.56. The molecule has 0 spiro atoms. The Bertz CT molecular complexity index is 358. The monoisotopic (exact) mass is 228 g/mol. The minimum Gasteiger partial charge on any atom is -0.461 e. The summed E-state index contributed by atoms with van der Waals surface area (Å²) >= 11 is 1.36. The van der Waals surface area contributed by atoms with Crippen LogP contribution in [0.4, 0.5) is 5.82 Å². The van der Waals surface area contributed by atoms with E-state index in [1.807, 2.05) is 6.26 Å². The molecule has 82 valence electrons. The van der Waals surface area contributed by atoms with Crippen molar-refractivity contribution >= 4 is 23.5 Å². The normalized spacial score (nSPS) is 9.80. The highest BCUT2D eigenvalue weighted by Crippen LogP contribution is 2.14. The van der Waals surface area contributed by atoms with E-state index in [1.165, 1.54) is 11.8 Å². The number of carbonyl (C=O) groups is 1. The van der Waals surface area contributed by atoms with Gasteiger partial charge in [-0.25, -0.2) is 9.78 Å². The molecule has 1 aromatic rings. The van der Waals surface area contributed by atoms with Crippen LogP contribution in [0.25, 0.3) is 0 Å². The van der Waals surface area contributed by atoms with E-state index in [-0.39, 0.29) is 5.69 Å². The van der Waals surface area contributed by atoms with Gasteiger partial charge in [-0.2, -0.15) is 0 Å². The Morgan fingerprint density at radius 3 is 2.80 bits per heavy atom. The van der Waals surface area contributed by atoms with Crippen LogP contribution in [0.1, 0.15) is 17.4 Å². The first-order valence-electron chi connectivity index (χ1n) is 4.36. The molecule has 1 rings (SSSR count). The zero-order valence-corrected chi connectivity index (χ0v) is 9.59. The van der Waals surface area contributed by atoms with Crippen molar-refractivity contribution in [2.45, 2.75) is 12.1 Å². The third-order valence-corrected chi connectivity index (χ3v) is 2.09. The lowest BCUT2D eigenvalue weighted by Crippen LogP contribution is -2.13. The molecule has 0 saturated carbocycles. The van der Waals surface area contributed by atoms with Crippen molar-refractivity contribution < 1.29 is 9.53 Å². The number of nitrogens with zero attached hydrogens (tertiary/aromatic N) is 3. The molecular weight excluding hydrogens is 216 g/mol. The van der Waals surface area contributed by atoms with E-state index < -0.39 is 5.97 Å². The summed E-state index contributed by atoms with van der Waals surface area (Å²) in [6.07, 6.45) is 1.83. The second-order valence-corrected chi connectivity index (χ2v) is 3.24. The summed E-state index contributed by atoms with van der Waals surface area (Å²) in [5, 5.41) is 10.8. The van der Waals surface area contributed by atoms with Gasteiger partial charge in [0.1, 0.15) is 0 Å². The summed E-state index contributed by atoms with van der Waals surface area (Å²) in [5.41, 5.74) is 0.108. The van der Waals surface area contributed by atoms with Crippen LogP contribution in [0.15, 0.2) is 5.16 Å². The highest BCUT2D eigenvalue weighted by molar-refractivity contribution is 7.98. The summed E-state index contributed by atoms with van der Waals surface area (Å²) < 4.78 is 4.82. The number of anilines is 1. The van der Waals surface area contributed by atoms with Crippen molar-refractivity contribution in [3.8, 4) is 0 Å². The molecule has 1 heterocycles. The maximum Gasteiger partial charge on any atom is 0.362 e. The van der Waals surface area contributed by atoms with Gasteiger partial charge in [-0.05, 0) is 13.2 Å². The molecule has 0 amide bonds. The molecular formula is C8H12N4O2S. The lowest BCUT2D eigenvalue weighted by molar-refractivity contribution is 0.0518.